The number of anilines is 3. The summed E-state index contributed by atoms with van der Waals surface area (Å²) in [6, 6.07) is 10.4. The number of fused-ring (bicyclic) bond motifs is 3. The van der Waals surface area contributed by atoms with Gasteiger partial charge in [0.1, 0.15) is 5.65 Å². The van der Waals surface area contributed by atoms with Gasteiger partial charge in [0.15, 0.2) is 5.82 Å². The number of nitrogens with one attached hydrogen (secondary N) is 3. The van der Waals surface area contributed by atoms with Crippen LogP contribution in [0.4, 0.5) is 30.4 Å². The smallest absolute Gasteiger partial charge is 0.346 e. The molecule has 0 aliphatic rings. The van der Waals surface area contributed by atoms with Crippen LogP contribution >= 0.6 is 0 Å². The summed E-state index contributed by atoms with van der Waals surface area (Å²) >= 11 is 0. The van der Waals surface area contributed by atoms with E-state index in [1.165, 1.54) is 17.0 Å². The number of hydrogen-bond donors (Lipinski definition) is 3. The lowest BCUT2D eigenvalue weighted by molar-refractivity contribution is -0.137. The van der Waals surface area contributed by atoms with Gasteiger partial charge >= 0.3 is 6.18 Å². The largest absolute Gasteiger partial charge is 0.416 e. The molecule has 0 spiro atoms. The first kappa shape index (κ1) is 25.2. The summed E-state index contributed by atoms with van der Waals surface area (Å²) in [4.78, 5) is 24.8. The average molecular weight is 545 g/mol. The van der Waals surface area contributed by atoms with Gasteiger partial charge in [-0.3, -0.25) is 9.48 Å². The van der Waals surface area contributed by atoms with E-state index >= 15 is 0 Å². The molecule has 0 aliphatic carbocycles. The second kappa shape index (κ2) is 9.26. The molecule has 202 valence electrons. The van der Waals surface area contributed by atoms with Gasteiger partial charge in [0, 0.05) is 53.7 Å². The van der Waals surface area contributed by atoms with Crippen LogP contribution < -0.4 is 10.6 Å². The van der Waals surface area contributed by atoms with E-state index in [2.05, 4.69) is 30.7 Å². The number of carbonyl (C=O) groups is 1. The molecule has 0 saturated heterocycles. The van der Waals surface area contributed by atoms with E-state index in [0.717, 1.165) is 39.6 Å². The van der Waals surface area contributed by atoms with E-state index in [-0.39, 0.29) is 11.3 Å². The zero-order valence-electron chi connectivity index (χ0n) is 21.6. The monoisotopic (exact) mass is 544 g/mol. The predicted molar refractivity (Wildman–Crippen MR) is 146 cm³/mol. The van der Waals surface area contributed by atoms with Gasteiger partial charge in [-0.25, -0.2) is 9.97 Å². The molecule has 12 heteroatoms. The number of H-pyrrole nitrogens is 1. The van der Waals surface area contributed by atoms with Crippen LogP contribution in [0.3, 0.4) is 0 Å². The van der Waals surface area contributed by atoms with Crippen molar-refractivity contribution in [1.29, 1.82) is 0 Å². The topological polar surface area (TPSA) is 105 Å². The third-order valence-electron chi connectivity index (χ3n) is 6.65. The first-order chi connectivity index (χ1) is 19.1. The molecule has 6 rings (SSSR count). The zero-order valence-corrected chi connectivity index (χ0v) is 21.6. The second-order valence-electron chi connectivity index (χ2n) is 9.53. The summed E-state index contributed by atoms with van der Waals surface area (Å²) in [5.74, 6) is -0.0980. The minimum atomic E-state index is -4.63. The highest BCUT2D eigenvalue weighted by Gasteiger charge is 2.32. The van der Waals surface area contributed by atoms with E-state index in [0.29, 0.717) is 22.9 Å². The van der Waals surface area contributed by atoms with Crippen molar-refractivity contribution in [3.63, 3.8) is 0 Å². The number of rotatable bonds is 5. The molecule has 0 unspecified atom stereocenters. The molecule has 40 heavy (non-hydrogen) atoms. The van der Waals surface area contributed by atoms with Crippen molar-refractivity contribution in [3.8, 4) is 5.69 Å². The van der Waals surface area contributed by atoms with Crippen molar-refractivity contribution in [3.05, 3.63) is 89.8 Å². The van der Waals surface area contributed by atoms with Gasteiger partial charge in [0.05, 0.1) is 28.5 Å². The van der Waals surface area contributed by atoms with Crippen molar-refractivity contribution in [2.75, 3.05) is 10.6 Å². The van der Waals surface area contributed by atoms with Crippen LogP contribution in [0.5, 0.6) is 0 Å². The SMILES string of the molecule is Cc1cn(-c2cc(C(=O)Nc3ccc(C)c(Nc4nn(C)c5c4cnc4[nH]ccc45)c3)cc(C(F)(F)F)c2)cn1. The Morgan fingerprint density at radius 1 is 1.02 bits per heavy atom. The summed E-state index contributed by atoms with van der Waals surface area (Å²) < 4.78 is 44.2. The van der Waals surface area contributed by atoms with Crippen LogP contribution in [0, 0.1) is 13.8 Å². The standard InChI is InChI=1S/C28H23F3N8O/c1-15-4-5-19(11-23(15)36-26-22-12-33-25-21(6-7-32-25)24(22)38(3)37-26)35-27(40)17-8-18(28(29,30)31)10-20(9-17)39-13-16(2)34-14-39/h4-14H,1-3H3,(H,32,33)(H,35,40)(H,36,37). The highest BCUT2D eigenvalue weighted by atomic mass is 19.4. The zero-order chi connectivity index (χ0) is 28.2. The molecule has 3 N–H and O–H groups in total. The molecule has 0 radical (unpaired) electrons. The molecule has 2 aromatic carbocycles. The molecule has 4 aromatic heterocycles. The maximum atomic E-state index is 13.7. The van der Waals surface area contributed by atoms with E-state index in [1.807, 2.05) is 26.2 Å². The lowest BCUT2D eigenvalue weighted by atomic mass is 10.1. The van der Waals surface area contributed by atoms with Crippen molar-refractivity contribution in [1.82, 2.24) is 29.3 Å². The molecule has 0 bridgehead atoms. The lowest BCUT2D eigenvalue weighted by Crippen LogP contribution is -2.15. The fourth-order valence-corrected chi connectivity index (χ4v) is 4.64. The number of imidazole rings is 1. The van der Waals surface area contributed by atoms with Gasteiger partial charge in [-0.2, -0.15) is 18.3 Å². The minimum absolute atomic E-state index is 0.136. The maximum Gasteiger partial charge on any atom is 0.416 e. The molecule has 0 fully saturated rings. The third-order valence-corrected chi connectivity index (χ3v) is 6.65. The predicted octanol–water partition coefficient (Wildman–Crippen LogP) is 6.27. The van der Waals surface area contributed by atoms with Crippen molar-refractivity contribution in [2.24, 2.45) is 7.05 Å². The van der Waals surface area contributed by atoms with Crippen molar-refractivity contribution >= 4 is 45.0 Å². The van der Waals surface area contributed by atoms with Crippen LogP contribution in [-0.2, 0) is 13.2 Å². The van der Waals surface area contributed by atoms with E-state index in [1.54, 1.807) is 42.2 Å². The average Bonchev–Trinajstić information content (AvgIpc) is 3.64. The Balaban J connectivity index is 1.31. The summed E-state index contributed by atoms with van der Waals surface area (Å²) in [5.41, 5.74) is 3.37. The fraction of sp³-hybridized carbons (Fsp3) is 0.143. The quantitative estimate of drug-likeness (QED) is 0.237. The molecule has 0 aliphatic heterocycles. The number of aryl methyl sites for hydroxylation is 3. The van der Waals surface area contributed by atoms with Gasteiger partial charge in [0.25, 0.3) is 5.91 Å². The highest BCUT2D eigenvalue weighted by molar-refractivity contribution is 6.07. The van der Waals surface area contributed by atoms with Crippen molar-refractivity contribution < 1.29 is 18.0 Å². The number of alkyl halides is 3. The van der Waals surface area contributed by atoms with Gasteiger partial charge in [0.2, 0.25) is 0 Å². The summed E-state index contributed by atoms with van der Waals surface area (Å²) in [7, 11) is 1.85. The molecular weight excluding hydrogens is 521 g/mol. The molecular formula is C28H23F3N8O. The molecule has 4 heterocycles. The molecule has 0 atom stereocenters. The lowest BCUT2D eigenvalue weighted by Gasteiger charge is -2.14. The Morgan fingerprint density at radius 3 is 2.60 bits per heavy atom. The Kier molecular flexibility index (Phi) is 5.82. The Morgan fingerprint density at radius 2 is 1.85 bits per heavy atom. The van der Waals surface area contributed by atoms with Crippen LogP contribution in [-0.4, -0.2) is 35.2 Å². The van der Waals surface area contributed by atoms with Crippen LogP contribution in [0.15, 0.2) is 67.4 Å². The number of aromatic nitrogens is 6. The Labute approximate surface area is 225 Å². The fourth-order valence-electron chi connectivity index (χ4n) is 4.64. The third kappa shape index (κ3) is 4.53. The number of carbonyl (C=O) groups excluding carboxylic acids is 1. The minimum Gasteiger partial charge on any atom is -0.346 e. The van der Waals surface area contributed by atoms with E-state index in [9.17, 15) is 18.0 Å². The Hall–Kier alpha value is -5.13. The summed E-state index contributed by atoms with van der Waals surface area (Å²) in [6.07, 6.45) is 1.91. The van der Waals surface area contributed by atoms with Crippen LogP contribution in [0.25, 0.3) is 27.6 Å². The molecule has 1 amide bonds. The van der Waals surface area contributed by atoms with E-state index < -0.39 is 17.6 Å². The number of nitrogens with zero attached hydrogens (tertiary/aromatic N) is 5. The number of amides is 1. The van der Waals surface area contributed by atoms with Gasteiger partial charge < -0.3 is 20.2 Å². The number of aromatic amines is 1. The van der Waals surface area contributed by atoms with Crippen molar-refractivity contribution in [2.45, 2.75) is 20.0 Å². The number of hydrogen-bond acceptors (Lipinski definition) is 5. The van der Waals surface area contributed by atoms with Gasteiger partial charge in [-0.05, 0) is 55.8 Å². The molecule has 9 nitrogen and oxygen atoms in total. The first-order valence-corrected chi connectivity index (χ1v) is 12.3. The van der Waals surface area contributed by atoms with Crippen LogP contribution in [0.2, 0.25) is 0 Å². The highest BCUT2D eigenvalue weighted by Crippen LogP contribution is 2.33. The first-order valence-electron chi connectivity index (χ1n) is 12.3. The van der Waals surface area contributed by atoms with Crippen LogP contribution in [0.1, 0.15) is 27.2 Å². The normalized spacial score (nSPS) is 11.8. The van der Waals surface area contributed by atoms with Gasteiger partial charge in [-0.15, -0.1) is 0 Å². The number of halogens is 3. The van der Waals surface area contributed by atoms with E-state index in [4.69, 9.17) is 0 Å². The summed E-state index contributed by atoms with van der Waals surface area (Å²) in [6.45, 7) is 3.62. The maximum absolute atomic E-state index is 13.7. The Bertz CT molecular complexity index is 1910. The molecule has 0 saturated carbocycles. The van der Waals surface area contributed by atoms with Gasteiger partial charge in [-0.1, -0.05) is 6.07 Å². The molecule has 6 aromatic rings. The number of pyridine rings is 1. The number of benzene rings is 2. The second-order valence-corrected chi connectivity index (χ2v) is 9.53. The summed E-state index contributed by atoms with van der Waals surface area (Å²) in [5, 5.41) is 12.4.